The molecule has 110 valence electrons. The molecule has 1 aromatic carbocycles. The van der Waals surface area contributed by atoms with Crippen LogP contribution in [0.5, 0.6) is 0 Å². The van der Waals surface area contributed by atoms with Gasteiger partial charge in [0.2, 0.25) is 5.91 Å². The molecule has 0 unspecified atom stereocenters. The second-order valence-electron chi connectivity index (χ2n) is 4.80. The number of aliphatic imine (C=N–C) groups is 1. The van der Waals surface area contributed by atoms with Crippen molar-refractivity contribution >= 4 is 17.6 Å². The molecule has 1 saturated heterocycles. The van der Waals surface area contributed by atoms with Crippen LogP contribution in [-0.2, 0) is 11.3 Å². The fraction of sp³-hybridized carbons (Fsp3) is 0.375. The van der Waals surface area contributed by atoms with Gasteiger partial charge in [0.25, 0.3) is 0 Å². The number of terminal acetylenes is 1. The number of amides is 1. The van der Waals surface area contributed by atoms with E-state index in [1.807, 2.05) is 29.2 Å². The second kappa shape index (κ2) is 7.34. The molecule has 0 atom stereocenters. The number of carbonyl (C=O) groups is 1. The molecule has 2 rings (SSSR count). The molecule has 1 heterocycles. The highest BCUT2D eigenvalue weighted by molar-refractivity contribution is 5.95. The average Bonchev–Trinajstić information content (AvgIpc) is 2.94. The Balaban J connectivity index is 1.90. The van der Waals surface area contributed by atoms with Gasteiger partial charge in [0.15, 0.2) is 5.96 Å². The summed E-state index contributed by atoms with van der Waals surface area (Å²) in [7, 11) is 1.70. The summed E-state index contributed by atoms with van der Waals surface area (Å²) in [6.45, 7) is 1.91. The predicted octanol–water partition coefficient (Wildman–Crippen LogP) is 1.11. The summed E-state index contributed by atoms with van der Waals surface area (Å²) in [5, 5.41) is 6.18. The van der Waals surface area contributed by atoms with E-state index >= 15 is 0 Å². The van der Waals surface area contributed by atoms with Crippen molar-refractivity contribution in [2.45, 2.75) is 19.4 Å². The second-order valence-corrected chi connectivity index (χ2v) is 4.80. The molecule has 5 nitrogen and oxygen atoms in total. The lowest BCUT2D eigenvalue weighted by Crippen LogP contribution is -2.36. The van der Waals surface area contributed by atoms with Crippen LogP contribution in [0, 0.1) is 12.3 Å². The summed E-state index contributed by atoms with van der Waals surface area (Å²) in [5.74, 6) is 3.39. The minimum Gasteiger partial charge on any atom is -0.352 e. The molecule has 5 heteroatoms. The standard InChI is InChI=1S/C16H20N4O/c1-3-10-18-16(17-2)19-12-13-6-8-14(9-7-13)20-11-4-5-15(20)21/h1,6-9H,4-5,10-12H2,2H3,(H2,17,18,19). The largest absolute Gasteiger partial charge is 0.352 e. The number of hydrogen-bond donors (Lipinski definition) is 2. The van der Waals surface area contributed by atoms with E-state index in [9.17, 15) is 4.79 Å². The minimum atomic E-state index is 0.208. The third-order valence-electron chi connectivity index (χ3n) is 3.36. The first-order chi connectivity index (χ1) is 10.2. The Morgan fingerprint density at radius 3 is 2.71 bits per heavy atom. The molecule has 1 aromatic rings. The number of nitrogens with one attached hydrogen (secondary N) is 2. The fourth-order valence-electron chi connectivity index (χ4n) is 2.26. The van der Waals surface area contributed by atoms with E-state index in [2.05, 4.69) is 21.5 Å². The molecular weight excluding hydrogens is 264 g/mol. The van der Waals surface area contributed by atoms with E-state index in [1.165, 1.54) is 0 Å². The normalized spacial score (nSPS) is 15.0. The molecule has 1 amide bonds. The van der Waals surface area contributed by atoms with Gasteiger partial charge in [-0.1, -0.05) is 18.1 Å². The van der Waals surface area contributed by atoms with Gasteiger partial charge in [0, 0.05) is 32.2 Å². The number of carbonyl (C=O) groups excluding carboxylic acids is 1. The first-order valence-electron chi connectivity index (χ1n) is 7.02. The topological polar surface area (TPSA) is 56.7 Å². The van der Waals surface area contributed by atoms with Crippen molar-refractivity contribution < 1.29 is 4.79 Å². The van der Waals surface area contributed by atoms with Crippen molar-refractivity contribution in [2.75, 3.05) is 25.0 Å². The van der Waals surface area contributed by atoms with Crippen molar-refractivity contribution in [3.05, 3.63) is 29.8 Å². The number of hydrogen-bond acceptors (Lipinski definition) is 2. The number of anilines is 1. The highest BCUT2D eigenvalue weighted by Gasteiger charge is 2.21. The van der Waals surface area contributed by atoms with Crippen LogP contribution in [0.25, 0.3) is 0 Å². The summed E-state index contributed by atoms with van der Waals surface area (Å²) in [5.41, 5.74) is 2.09. The van der Waals surface area contributed by atoms with E-state index in [1.54, 1.807) is 7.05 Å². The zero-order valence-electron chi connectivity index (χ0n) is 12.2. The zero-order valence-corrected chi connectivity index (χ0v) is 12.2. The Hall–Kier alpha value is -2.48. The van der Waals surface area contributed by atoms with Crippen LogP contribution >= 0.6 is 0 Å². The van der Waals surface area contributed by atoms with Crippen LogP contribution in [0.4, 0.5) is 5.69 Å². The maximum Gasteiger partial charge on any atom is 0.227 e. The molecular formula is C16H20N4O. The van der Waals surface area contributed by atoms with Gasteiger partial charge in [-0.05, 0) is 24.1 Å². The number of rotatable bonds is 4. The smallest absolute Gasteiger partial charge is 0.227 e. The predicted molar refractivity (Wildman–Crippen MR) is 85.1 cm³/mol. The molecule has 0 aromatic heterocycles. The molecule has 1 aliphatic rings. The molecule has 0 radical (unpaired) electrons. The van der Waals surface area contributed by atoms with Crippen LogP contribution in [0.1, 0.15) is 18.4 Å². The summed E-state index contributed by atoms with van der Waals surface area (Å²) >= 11 is 0. The van der Waals surface area contributed by atoms with Crippen LogP contribution in [0.3, 0.4) is 0 Å². The summed E-state index contributed by atoms with van der Waals surface area (Å²) in [6.07, 6.45) is 6.80. The zero-order chi connectivity index (χ0) is 15.1. The first kappa shape index (κ1) is 14.9. The van der Waals surface area contributed by atoms with Gasteiger partial charge >= 0.3 is 0 Å². The highest BCUT2D eigenvalue weighted by Crippen LogP contribution is 2.21. The Kier molecular flexibility index (Phi) is 5.22. The molecule has 1 fully saturated rings. The Morgan fingerprint density at radius 2 is 2.14 bits per heavy atom. The van der Waals surface area contributed by atoms with Crippen molar-refractivity contribution in [3.63, 3.8) is 0 Å². The van der Waals surface area contributed by atoms with Gasteiger partial charge in [-0.15, -0.1) is 6.42 Å². The van der Waals surface area contributed by atoms with Crippen molar-refractivity contribution in [1.82, 2.24) is 10.6 Å². The third-order valence-corrected chi connectivity index (χ3v) is 3.36. The average molecular weight is 284 g/mol. The van der Waals surface area contributed by atoms with Crippen LogP contribution in [0.15, 0.2) is 29.3 Å². The van der Waals surface area contributed by atoms with Crippen molar-refractivity contribution in [2.24, 2.45) is 4.99 Å². The van der Waals surface area contributed by atoms with Crippen molar-refractivity contribution in [1.29, 1.82) is 0 Å². The third kappa shape index (κ3) is 3.99. The molecule has 0 bridgehead atoms. The van der Waals surface area contributed by atoms with E-state index in [4.69, 9.17) is 6.42 Å². The van der Waals surface area contributed by atoms with Crippen molar-refractivity contribution in [3.8, 4) is 12.3 Å². The van der Waals surface area contributed by atoms with E-state index < -0.39 is 0 Å². The van der Waals surface area contributed by atoms with Gasteiger partial charge in [-0.25, -0.2) is 0 Å². The lowest BCUT2D eigenvalue weighted by Gasteiger charge is -2.16. The maximum atomic E-state index is 11.7. The summed E-state index contributed by atoms with van der Waals surface area (Å²) in [6, 6.07) is 8.00. The molecule has 0 spiro atoms. The van der Waals surface area contributed by atoms with Gasteiger partial charge in [0.1, 0.15) is 0 Å². The highest BCUT2D eigenvalue weighted by atomic mass is 16.2. The molecule has 2 N–H and O–H groups in total. The monoisotopic (exact) mass is 284 g/mol. The number of nitrogens with zero attached hydrogens (tertiary/aromatic N) is 2. The lowest BCUT2D eigenvalue weighted by molar-refractivity contribution is -0.117. The van der Waals surface area contributed by atoms with Gasteiger partial charge in [-0.3, -0.25) is 9.79 Å². The van der Waals surface area contributed by atoms with Crippen LogP contribution < -0.4 is 15.5 Å². The minimum absolute atomic E-state index is 0.208. The number of guanidine groups is 1. The molecule has 0 aliphatic carbocycles. The summed E-state index contributed by atoms with van der Waals surface area (Å²) < 4.78 is 0. The summed E-state index contributed by atoms with van der Waals surface area (Å²) in [4.78, 5) is 17.6. The molecule has 1 aliphatic heterocycles. The van der Waals surface area contributed by atoms with E-state index in [0.29, 0.717) is 25.5 Å². The fourth-order valence-corrected chi connectivity index (χ4v) is 2.26. The number of benzene rings is 1. The van der Waals surface area contributed by atoms with E-state index in [0.717, 1.165) is 24.2 Å². The Morgan fingerprint density at radius 1 is 1.38 bits per heavy atom. The van der Waals surface area contributed by atoms with Crippen LogP contribution in [0.2, 0.25) is 0 Å². The Labute approximate surface area is 125 Å². The Bertz CT molecular complexity index is 557. The van der Waals surface area contributed by atoms with Gasteiger partial charge in [0.05, 0.1) is 6.54 Å². The quantitative estimate of drug-likeness (QED) is 0.495. The lowest BCUT2D eigenvalue weighted by atomic mass is 10.2. The first-order valence-corrected chi connectivity index (χ1v) is 7.02. The molecule has 0 saturated carbocycles. The van der Waals surface area contributed by atoms with E-state index in [-0.39, 0.29) is 5.91 Å². The van der Waals surface area contributed by atoms with Gasteiger partial charge < -0.3 is 15.5 Å². The maximum absolute atomic E-state index is 11.7. The SMILES string of the molecule is C#CCNC(=NC)NCc1ccc(N2CCCC2=O)cc1. The van der Waals surface area contributed by atoms with Crippen LogP contribution in [-0.4, -0.2) is 32.0 Å². The molecule has 21 heavy (non-hydrogen) atoms. The van der Waals surface area contributed by atoms with Gasteiger partial charge in [-0.2, -0.15) is 0 Å².